The molecule has 0 atom stereocenters. The molecule has 0 heterocycles. The second-order valence-corrected chi connectivity index (χ2v) is 9.95. The quantitative estimate of drug-likeness (QED) is 0.165. The number of hydrogen-bond donors (Lipinski definition) is 5. The first kappa shape index (κ1) is 25.0. The van der Waals surface area contributed by atoms with Crippen molar-refractivity contribution in [1.29, 1.82) is 0 Å². The van der Waals surface area contributed by atoms with Crippen molar-refractivity contribution in [2.45, 2.75) is 16.7 Å². The fraction of sp³-hybridized carbons (Fsp3) is 0.0556. The number of amides is 1. The molecule has 16 heteroatoms. The van der Waals surface area contributed by atoms with Crippen LogP contribution in [0.15, 0.2) is 62.5 Å². The zero-order chi connectivity index (χ0) is 25.3. The Morgan fingerprint density at radius 1 is 1.00 bits per heavy atom. The summed E-state index contributed by atoms with van der Waals surface area (Å²) in [5.41, 5.74) is 5.96. The average Bonchev–Trinajstić information content (AvgIpc) is 2.78. The highest BCUT2D eigenvalue weighted by molar-refractivity contribution is 7.87. The molecule has 0 aliphatic rings. The Morgan fingerprint density at radius 3 is 2.29 bits per heavy atom. The van der Waals surface area contributed by atoms with Gasteiger partial charge in [0.1, 0.15) is 26.9 Å². The molecule has 14 nitrogen and oxygen atoms in total. The number of nitrogens with zero attached hydrogens (tertiary/aromatic N) is 2. The van der Waals surface area contributed by atoms with Gasteiger partial charge in [-0.2, -0.15) is 28.6 Å². The Kier molecular flexibility index (Phi) is 6.82. The summed E-state index contributed by atoms with van der Waals surface area (Å²) in [5, 5.41) is 21.1. The Morgan fingerprint density at radius 2 is 1.68 bits per heavy atom. The minimum atomic E-state index is -4.36. The largest absolute Gasteiger partial charge is 0.507 e. The van der Waals surface area contributed by atoms with Crippen LogP contribution in [0.3, 0.4) is 0 Å². The van der Waals surface area contributed by atoms with Crippen molar-refractivity contribution < 1.29 is 47.1 Å². The number of carbonyl (C=O) groups excluding carboxylic acids is 1. The predicted molar refractivity (Wildman–Crippen MR) is 117 cm³/mol. The summed E-state index contributed by atoms with van der Waals surface area (Å²) in [5.74, 6) is 4.88. The smallest absolute Gasteiger partial charge is 0.344 e. The summed E-state index contributed by atoms with van der Waals surface area (Å²) in [6, 6.07) is 8.74. The summed E-state index contributed by atoms with van der Waals surface area (Å²) in [4.78, 5) is 10.5. The number of nitrogens with two attached hydrogens (primary N) is 1. The van der Waals surface area contributed by atoms with E-state index in [1.54, 1.807) is 0 Å². The number of aromatic hydroxyl groups is 1. The molecule has 1 amide bonds. The van der Waals surface area contributed by atoms with Crippen LogP contribution in [-0.2, 0) is 33.6 Å². The van der Waals surface area contributed by atoms with Crippen LogP contribution in [0.1, 0.15) is 6.92 Å². The van der Waals surface area contributed by atoms with Crippen LogP contribution in [0.2, 0.25) is 0 Å². The third-order valence-corrected chi connectivity index (χ3v) is 6.78. The third kappa shape index (κ3) is 4.96. The van der Waals surface area contributed by atoms with Crippen molar-refractivity contribution in [3.8, 4) is 5.75 Å². The maximum absolute atomic E-state index is 12.3. The van der Waals surface area contributed by atoms with Gasteiger partial charge in [-0.25, -0.2) is 0 Å². The fourth-order valence-corrected chi connectivity index (χ4v) is 4.41. The number of azo groups is 1. The standard InChI is InChI=1S/C18H18N6O8S2/c1-9(25)22-11-3-5-14(16(7-11)34(29,30)32-21)23-24-18-13(19)4-2-10-6-12(33(27,28)31-20)8-15(26)17(10)18/h2-8H,1,20-21H3,(H2-2,19,22,23,24,25,26)/p+2. The molecule has 0 spiro atoms. The second-order valence-electron chi connectivity index (χ2n) is 6.75. The average molecular weight is 513 g/mol. The first-order valence-corrected chi connectivity index (χ1v) is 12.0. The van der Waals surface area contributed by atoms with Crippen LogP contribution in [0.5, 0.6) is 5.75 Å². The fourth-order valence-electron chi connectivity index (χ4n) is 2.98. The van der Waals surface area contributed by atoms with Crippen LogP contribution in [0, 0.1) is 0 Å². The molecule has 3 aromatic rings. The van der Waals surface area contributed by atoms with Gasteiger partial charge < -0.3 is 16.2 Å². The van der Waals surface area contributed by atoms with Crippen molar-refractivity contribution >= 4 is 59.7 Å². The van der Waals surface area contributed by atoms with Crippen LogP contribution in [0.25, 0.3) is 10.8 Å². The van der Waals surface area contributed by atoms with E-state index in [0.717, 1.165) is 12.1 Å². The van der Waals surface area contributed by atoms with E-state index in [9.17, 15) is 26.7 Å². The molecule has 0 aliphatic heterocycles. The molecule has 3 rings (SSSR count). The van der Waals surface area contributed by atoms with E-state index in [-0.39, 0.29) is 38.4 Å². The van der Waals surface area contributed by atoms with Crippen molar-refractivity contribution in [2.24, 2.45) is 10.2 Å². The number of benzene rings is 3. The third-order valence-electron chi connectivity index (χ3n) is 4.48. The zero-order valence-electron chi connectivity index (χ0n) is 17.5. The van der Waals surface area contributed by atoms with Gasteiger partial charge in [-0.1, -0.05) is 14.6 Å². The maximum atomic E-state index is 12.3. The van der Waals surface area contributed by atoms with Crippen molar-refractivity contribution in [3.05, 3.63) is 42.5 Å². The topological polar surface area (TPSA) is 242 Å². The number of phenols is 1. The Bertz CT molecular complexity index is 1540. The van der Waals surface area contributed by atoms with Gasteiger partial charge >= 0.3 is 20.2 Å². The number of hydrogen-bond acceptors (Lipinski definition) is 11. The lowest BCUT2D eigenvalue weighted by Crippen LogP contribution is -2.51. The van der Waals surface area contributed by atoms with E-state index in [1.807, 2.05) is 0 Å². The molecule has 34 heavy (non-hydrogen) atoms. The molecular weight excluding hydrogens is 492 g/mol. The molecule has 10 N–H and O–H groups in total. The molecule has 0 saturated carbocycles. The first-order valence-electron chi connectivity index (χ1n) is 9.15. The van der Waals surface area contributed by atoms with Crippen molar-refractivity contribution in [3.63, 3.8) is 0 Å². The number of nitrogen functional groups attached to an aromatic ring is 1. The van der Waals surface area contributed by atoms with Crippen molar-refractivity contribution in [2.75, 3.05) is 11.1 Å². The Balaban J connectivity index is 2.19. The second kappa shape index (κ2) is 9.29. The summed E-state index contributed by atoms with van der Waals surface area (Å²) < 4.78 is 57.1. The molecule has 0 aliphatic carbocycles. The summed E-state index contributed by atoms with van der Waals surface area (Å²) in [6.45, 7) is 1.25. The lowest BCUT2D eigenvalue weighted by Gasteiger charge is -2.10. The molecular formula is C18H20N6O8S2+2. The van der Waals surface area contributed by atoms with E-state index in [4.69, 9.17) is 5.73 Å². The highest BCUT2D eigenvalue weighted by Crippen LogP contribution is 2.41. The van der Waals surface area contributed by atoms with E-state index in [0.29, 0.717) is 0 Å². The lowest BCUT2D eigenvalue weighted by molar-refractivity contribution is -0.635. The number of rotatable bonds is 7. The van der Waals surface area contributed by atoms with Gasteiger partial charge in [0.05, 0.1) is 11.1 Å². The Labute approximate surface area is 193 Å². The molecule has 0 unspecified atom stereocenters. The first-order chi connectivity index (χ1) is 15.9. The van der Waals surface area contributed by atoms with Crippen LogP contribution >= 0.6 is 0 Å². The predicted octanol–water partition coefficient (Wildman–Crippen LogP) is 0.226. The molecule has 180 valence electrons. The number of fused-ring (bicyclic) bond motifs is 1. The van der Waals surface area contributed by atoms with Crippen LogP contribution < -0.4 is 22.8 Å². The van der Waals surface area contributed by atoms with Gasteiger partial charge in [0, 0.05) is 18.7 Å². The van der Waals surface area contributed by atoms with Gasteiger partial charge in [0.15, 0.2) is 0 Å². The molecule has 0 fully saturated rings. The molecule has 3 aromatic carbocycles. The maximum Gasteiger partial charge on any atom is 0.344 e. The normalized spacial score (nSPS) is 12.3. The number of anilines is 2. The SMILES string of the molecule is CC(=O)Nc1ccc(N=Nc2c(N)ccc3cc(S(=O)(=O)O[NH3+])cc(O)c23)c(S(=O)(=O)O[NH3+])c1. The number of nitrogens with one attached hydrogen (secondary N) is 1. The number of carbonyl (C=O) groups is 1. The Hall–Kier alpha value is -3.67. The van der Waals surface area contributed by atoms with Crippen LogP contribution in [0.4, 0.5) is 22.7 Å². The van der Waals surface area contributed by atoms with E-state index in [2.05, 4.69) is 35.9 Å². The van der Waals surface area contributed by atoms with E-state index < -0.39 is 36.8 Å². The molecule has 0 saturated heterocycles. The minimum Gasteiger partial charge on any atom is -0.507 e. The van der Waals surface area contributed by atoms with Crippen molar-refractivity contribution in [1.82, 2.24) is 0 Å². The highest BCUT2D eigenvalue weighted by Gasteiger charge is 2.23. The highest BCUT2D eigenvalue weighted by atomic mass is 32.2. The molecule has 0 aromatic heterocycles. The molecule has 0 radical (unpaired) electrons. The van der Waals surface area contributed by atoms with Gasteiger partial charge in [-0.05, 0) is 35.7 Å². The zero-order valence-corrected chi connectivity index (χ0v) is 19.2. The van der Waals surface area contributed by atoms with Crippen LogP contribution in [-0.4, -0.2) is 27.8 Å². The van der Waals surface area contributed by atoms with Gasteiger partial charge in [0.25, 0.3) is 0 Å². The summed E-state index contributed by atoms with van der Waals surface area (Å²) in [7, 11) is -8.56. The molecule has 0 bridgehead atoms. The minimum absolute atomic E-state index is 0.0550. The van der Waals surface area contributed by atoms with E-state index >= 15 is 0 Å². The van der Waals surface area contributed by atoms with Gasteiger partial charge in [0.2, 0.25) is 5.91 Å². The number of phenolic OH excluding ortho intramolecular Hbond substituents is 1. The van der Waals surface area contributed by atoms with E-state index in [1.165, 1.54) is 37.3 Å². The summed E-state index contributed by atoms with van der Waals surface area (Å²) in [6.07, 6.45) is 0. The van der Waals surface area contributed by atoms with Gasteiger partial charge in [-0.3, -0.25) is 4.79 Å². The van der Waals surface area contributed by atoms with Gasteiger partial charge in [-0.15, -0.1) is 10.2 Å². The lowest BCUT2D eigenvalue weighted by atomic mass is 10.1. The summed E-state index contributed by atoms with van der Waals surface area (Å²) >= 11 is 0. The number of quaternary nitrogens is 2. The monoisotopic (exact) mass is 512 g/mol.